The van der Waals surface area contributed by atoms with Crippen LogP contribution in [0, 0.1) is 12.7 Å². The van der Waals surface area contributed by atoms with Gasteiger partial charge in [0.05, 0.1) is 7.11 Å². The Morgan fingerprint density at radius 2 is 2.00 bits per heavy atom. The summed E-state index contributed by atoms with van der Waals surface area (Å²) in [5, 5.41) is 0. The van der Waals surface area contributed by atoms with Gasteiger partial charge in [-0.3, -0.25) is 4.90 Å². The highest BCUT2D eigenvalue weighted by Crippen LogP contribution is 2.23. The van der Waals surface area contributed by atoms with Gasteiger partial charge in [0.1, 0.15) is 4.21 Å². The molecule has 26 heavy (non-hydrogen) atoms. The Kier molecular flexibility index (Phi) is 5.96. The van der Waals surface area contributed by atoms with Gasteiger partial charge in [0.25, 0.3) is 0 Å². The lowest BCUT2D eigenvalue weighted by Crippen LogP contribution is -2.44. The van der Waals surface area contributed by atoms with Gasteiger partial charge in [0, 0.05) is 30.6 Å². The summed E-state index contributed by atoms with van der Waals surface area (Å²) in [6.07, 6.45) is 1.48. The molecular formula is C18H23FN2O3S2. The highest BCUT2D eigenvalue weighted by Gasteiger charge is 2.25. The van der Waals surface area contributed by atoms with Crippen LogP contribution in [0.5, 0.6) is 5.75 Å². The van der Waals surface area contributed by atoms with Crippen LogP contribution in [0.2, 0.25) is 0 Å². The van der Waals surface area contributed by atoms with E-state index in [0.29, 0.717) is 10.8 Å². The van der Waals surface area contributed by atoms with E-state index in [2.05, 4.69) is 9.62 Å². The van der Waals surface area contributed by atoms with E-state index in [9.17, 15) is 12.8 Å². The van der Waals surface area contributed by atoms with Crippen molar-refractivity contribution in [1.82, 2.24) is 9.62 Å². The van der Waals surface area contributed by atoms with Crippen molar-refractivity contribution in [3.05, 3.63) is 46.6 Å². The quantitative estimate of drug-likeness (QED) is 0.812. The molecule has 1 aromatic heterocycles. The number of ether oxygens (including phenoxy) is 1. The third kappa shape index (κ3) is 4.62. The number of rotatable bonds is 6. The Morgan fingerprint density at radius 1 is 1.27 bits per heavy atom. The molecule has 1 aromatic carbocycles. The fourth-order valence-electron chi connectivity index (χ4n) is 3.11. The van der Waals surface area contributed by atoms with Gasteiger partial charge in [0.2, 0.25) is 10.0 Å². The molecule has 1 saturated heterocycles. The Labute approximate surface area is 157 Å². The van der Waals surface area contributed by atoms with E-state index < -0.39 is 10.0 Å². The van der Waals surface area contributed by atoms with E-state index in [4.69, 9.17) is 4.74 Å². The van der Waals surface area contributed by atoms with Crippen LogP contribution in [-0.4, -0.2) is 39.6 Å². The van der Waals surface area contributed by atoms with E-state index in [1.165, 1.54) is 24.5 Å². The Balaban J connectivity index is 1.53. The first-order valence-electron chi connectivity index (χ1n) is 8.51. The minimum absolute atomic E-state index is 0.0636. The molecule has 0 atom stereocenters. The molecule has 0 radical (unpaired) electrons. The van der Waals surface area contributed by atoms with Crippen molar-refractivity contribution in [2.75, 3.05) is 20.2 Å². The minimum Gasteiger partial charge on any atom is -0.494 e. The van der Waals surface area contributed by atoms with Crippen LogP contribution in [0.1, 0.15) is 23.3 Å². The van der Waals surface area contributed by atoms with Crippen molar-refractivity contribution >= 4 is 21.4 Å². The number of hydrogen-bond donors (Lipinski definition) is 1. The van der Waals surface area contributed by atoms with Crippen LogP contribution in [0.15, 0.2) is 34.5 Å². The summed E-state index contributed by atoms with van der Waals surface area (Å²) < 4.78 is 46.7. The van der Waals surface area contributed by atoms with Gasteiger partial charge in [0.15, 0.2) is 11.6 Å². The monoisotopic (exact) mass is 398 g/mol. The van der Waals surface area contributed by atoms with Crippen molar-refractivity contribution in [2.45, 2.75) is 36.6 Å². The molecule has 1 aliphatic heterocycles. The normalized spacial score (nSPS) is 16.7. The highest BCUT2D eigenvalue weighted by atomic mass is 32.2. The Morgan fingerprint density at radius 3 is 2.58 bits per heavy atom. The smallest absolute Gasteiger partial charge is 0.250 e. The van der Waals surface area contributed by atoms with Gasteiger partial charge < -0.3 is 4.74 Å². The summed E-state index contributed by atoms with van der Waals surface area (Å²) in [7, 11) is -2.00. The summed E-state index contributed by atoms with van der Waals surface area (Å²) in [5.74, 6) is -0.121. The van der Waals surface area contributed by atoms with Crippen molar-refractivity contribution in [2.24, 2.45) is 0 Å². The van der Waals surface area contributed by atoms with Crippen molar-refractivity contribution < 1.29 is 17.5 Å². The molecule has 0 amide bonds. The molecule has 1 aliphatic rings. The van der Waals surface area contributed by atoms with Gasteiger partial charge in [-0.1, -0.05) is 6.07 Å². The molecule has 2 aromatic rings. The van der Waals surface area contributed by atoms with Crippen molar-refractivity contribution in [3.63, 3.8) is 0 Å². The van der Waals surface area contributed by atoms with Crippen LogP contribution in [-0.2, 0) is 16.6 Å². The van der Waals surface area contributed by atoms with Crippen LogP contribution in [0.25, 0.3) is 0 Å². The number of piperidine rings is 1. The lowest BCUT2D eigenvalue weighted by Gasteiger charge is -2.32. The number of nitrogens with zero attached hydrogens (tertiary/aromatic N) is 1. The fraction of sp³-hybridized carbons (Fsp3) is 0.444. The van der Waals surface area contributed by atoms with Crippen LogP contribution in [0.4, 0.5) is 4.39 Å². The molecule has 1 fully saturated rings. The topological polar surface area (TPSA) is 58.6 Å². The predicted octanol–water partition coefficient (Wildman–Crippen LogP) is 3.15. The summed E-state index contributed by atoms with van der Waals surface area (Å²) in [4.78, 5) is 3.19. The maximum Gasteiger partial charge on any atom is 0.250 e. The first-order chi connectivity index (χ1) is 12.4. The van der Waals surface area contributed by atoms with Gasteiger partial charge in [-0.05, 0) is 49.6 Å². The number of likely N-dealkylation sites (tertiary alicyclic amines) is 1. The maximum absolute atomic E-state index is 13.8. The second-order valence-corrected chi connectivity index (χ2v) is 9.73. The third-order valence-electron chi connectivity index (χ3n) is 4.51. The zero-order valence-corrected chi connectivity index (χ0v) is 16.5. The number of benzene rings is 1. The standard InChI is InChI=1S/C18H23FN2O3S2/c1-13-3-6-18(25-13)26(22,23)20-15-7-9-21(10-8-15)12-14-4-5-17(24-2)16(19)11-14/h3-6,11,15,20H,7-10,12H2,1-2H3. The summed E-state index contributed by atoms with van der Waals surface area (Å²) in [6.45, 7) is 4.07. The largest absolute Gasteiger partial charge is 0.494 e. The molecule has 0 aliphatic carbocycles. The van der Waals surface area contributed by atoms with Gasteiger partial charge in [-0.25, -0.2) is 17.5 Å². The number of sulfonamides is 1. The van der Waals surface area contributed by atoms with Crippen LogP contribution in [0.3, 0.4) is 0 Å². The number of methoxy groups -OCH3 is 1. The van der Waals surface area contributed by atoms with E-state index >= 15 is 0 Å². The summed E-state index contributed by atoms with van der Waals surface area (Å²) in [6, 6.07) is 8.38. The zero-order chi connectivity index (χ0) is 18.7. The molecule has 142 valence electrons. The van der Waals surface area contributed by atoms with Crippen molar-refractivity contribution in [3.8, 4) is 5.75 Å². The highest BCUT2D eigenvalue weighted by molar-refractivity contribution is 7.91. The molecule has 8 heteroatoms. The second kappa shape index (κ2) is 8.04. The number of aryl methyl sites for hydroxylation is 1. The first-order valence-corrected chi connectivity index (χ1v) is 10.8. The summed E-state index contributed by atoms with van der Waals surface area (Å²) >= 11 is 1.28. The Bertz CT molecular complexity index is 859. The SMILES string of the molecule is COc1ccc(CN2CCC(NS(=O)(=O)c3ccc(C)s3)CC2)cc1F. The molecule has 0 bridgehead atoms. The first kappa shape index (κ1) is 19.3. The fourth-order valence-corrected chi connectivity index (χ4v) is 5.71. The average molecular weight is 399 g/mol. The molecular weight excluding hydrogens is 375 g/mol. The van der Waals surface area contributed by atoms with Gasteiger partial charge in [-0.2, -0.15) is 0 Å². The minimum atomic E-state index is -3.44. The predicted molar refractivity (Wildman–Crippen MR) is 101 cm³/mol. The molecule has 3 rings (SSSR count). The van der Waals surface area contributed by atoms with E-state index in [1.807, 2.05) is 19.1 Å². The molecule has 5 nitrogen and oxygen atoms in total. The van der Waals surface area contributed by atoms with Crippen molar-refractivity contribution in [1.29, 1.82) is 0 Å². The molecule has 0 spiro atoms. The van der Waals surface area contributed by atoms with Gasteiger partial charge >= 0.3 is 0 Å². The maximum atomic E-state index is 13.8. The molecule has 0 saturated carbocycles. The average Bonchev–Trinajstić information content (AvgIpc) is 3.04. The molecule has 0 unspecified atom stereocenters. The van der Waals surface area contributed by atoms with Crippen LogP contribution < -0.4 is 9.46 Å². The van der Waals surface area contributed by atoms with E-state index in [0.717, 1.165) is 36.4 Å². The number of halogens is 1. The lowest BCUT2D eigenvalue weighted by molar-refractivity contribution is 0.199. The Hall–Kier alpha value is -1.48. The number of hydrogen-bond acceptors (Lipinski definition) is 5. The third-order valence-corrected chi connectivity index (χ3v) is 7.53. The second-order valence-electron chi connectivity index (χ2n) is 6.51. The zero-order valence-electron chi connectivity index (χ0n) is 14.9. The number of thiophene rings is 1. The summed E-state index contributed by atoms with van der Waals surface area (Å²) in [5.41, 5.74) is 0.886. The van der Waals surface area contributed by atoms with Crippen LogP contribution >= 0.6 is 11.3 Å². The lowest BCUT2D eigenvalue weighted by atomic mass is 10.1. The van der Waals surface area contributed by atoms with E-state index in [-0.39, 0.29) is 17.6 Å². The van der Waals surface area contributed by atoms with Gasteiger partial charge in [-0.15, -0.1) is 11.3 Å². The molecule has 1 N–H and O–H groups in total. The molecule has 2 heterocycles. The number of nitrogens with one attached hydrogen (secondary N) is 1. The van der Waals surface area contributed by atoms with E-state index in [1.54, 1.807) is 12.1 Å².